The fourth-order valence-corrected chi connectivity index (χ4v) is 5.28. The molecule has 2 aromatic heterocycles. The van der Waals surface area contributed by atoms with Gasteiger partial charge in [0.25, 0.3) is 5.56 Å². The molecule has 0 aliphatic heterocycles. The van der Waals surface area contributed by atoms with Crippen molar-refractivity contribution < 1.29 is 4.79 Å². The molecule has 31 heavy (non-hydrogen) atoms. The zero-order valence-electron chi connectivity index (χ0n) is 16.7. The molecule has 0 radical (unpaired) electrons. The van der Waals surface area contributed by atoms with Crippen LogP contribution in [0.4, 0.5) is 0 Å². The number of hydrogen-bond donors (Lipinski definition) is 1. The monoisotopic (exact) mass is 442 g/mol. The summed E-state index contributed by atoms with van der Waals surface area (Å²) in [5.74, 6) is 0.216. The third-order valence-corrected chi connectivity index (χ3v) is 6.94. The topological polar surface area (TPSA) is 62.8 Å². The van der Waals surface area contributed by atoms with Gasteiger partial charge in [-0.1, -0.05) is 78.0 Å². The van der Waals surface area contributed by atoms with Crippen LogP contribution in [0.2, 0.25) is 0 Å². The molecule has 152 valence electrons. The number of thioether (sulfide) groups is 1. The molecule has 5 aromatic rings. The minimum atomic E-state index is -0.178. The van der Waals surface area contributed by atoms with Gasteiger partial charge in [-0.3, -0.25) is 9.59 Å². The number of H-pyrrole nitrogens is 1. The average Bonchev–Trinajstić information content (AvgIpc) is 3.22. The number of benzene rings is 3. The molecule has 0 saturated carbocycles. The Morgan fingerprint density at radius 3 is 2.61 bits per heavy atom. The molecule has 2 heterocycles. The van der Waals surface area contributed by atoms with E-state index in [1.54, 1.807) is 0 Å². The van der Waals surface area contributed by atoms with Crippen molar-refractivity contribution in [2.24, 2.45) is 0 Å². The van der Waals surface area contributed by atoms with E-state index >= 15 is 0 Å². The lowest BCUT2D eigenvalue weighted by atomic mass is 10.1. The van der Waals surface area contributed by atoms with E-state index in [0.29, 0.717) is 20.9 Å². The highest BCUT2D eigenvalue weighted by Crippen LogP contribution is 2.31. The van der Waals surface area contributed by atoms with Crippen LogP contribution in [0, 0.1) is 6.92 Å². The van der Waals surface area contributed by atoms with Gasteiger partial charge in [-0.25, -0.2) is 4.98 Å². The van der Waals surface area contributed by atoms with Crippen LogP contribution >= 0.6 is 23.1 Å². The summed E-state index contributed by atoms with van der Waals surface area (Å²) in [5.41, 5.74) is 3.54. The van der Waals surface area contributed by atoms with Crippen LogP contribution in [0.3, 0.4) is 0 Å². The summed E-state index contributed by atoms with van der Waals surface area (Å²) in [6, 6.07) is 21.8. The summed E-state index contributed by atoms with van der Waals surface area (Å²) < 4.78 is 0. The zero-order valence-corrected chi connectivity index (χ0v) is 18.3. The van der Waals surface area contributed by atoms with Crippen LogP contribution < -0.4 is 5.56 Å². The first-order valence-electron chi connectivity index (χ1n) is 9.82. The second-order valence-corrected chi connectivity index (χ2v) is 9.16. The zero-order chi connectivity index (χ0) is 21.4. The highest BCUT2D eigenvalue weighted by molar-refractivity contribution is 7.99. The van der Waals surface area contributed by atoms with Crippen LogP contribution in [-0.4, -0.2) is 21.5 Å². The van der Waals surface area contributed by atoms with E-state index in [0.717, 1.165) is 21.9 Å². The van der Waals surface area contributed by atoms with Gasteiger partial charge in [0.1, 0.15) is 4.83 Å². The van der Waals surface area contributed by atoms with E-state index in [9.17, 15) is 9.59 Å². The largest absolute Gasteiger partial charge is 0.301 e. The number of aromatic nitrogens is 2. The van der Waals surface area contributed by atoms with Crippen molar-refractivity contribution in [3.63, 3.8) is 0 Å². The van der Waals surface area contributed by atoms with Crippen molar-refractivity contribution in [1.29, 1.82) is 0 Å². The van der Waals surface area contributed by atoms with Gasteiger partial charge in [-0.05, 0) is 29.3 Å². The van der Waals surface area contributed by atoms with E-state index in [1.807, 2.05) is 79.0 Å². The lowest BCUT2D eigenvalue weighted by Gasteiger charge is -2.04. The molecule has 4 nitrogen and oxygen atoms in total. The number of hydrogen-bond acceptors (Lipinski definition) is 5. The molecule has 0 spiro atoms. The molecule has 0 atom stereocenters. The number of ketones is 1. The fraction of sp³-hybridized carbons (Fsp3) is 0.0800. The van der Waals surface area contributed by atoms with Gasteiger partial charge < -0.3 is 4.98 Å². The molecular weight excluding hydrogens is 424 g/mol. The van der Waals surface area contributed by atoms with Gasteiger partial charge in [0.15, 0.2) is 10.9 Å². The van der Waals surface area contributed by atoms with Crippen molar-refractivity contribution >= 4 is 49.9 Å². The molecule has 3 aromatic carbocycles. The summed E-state index contributed by atoms with van der Waals surface area (Å²) in [6.07, 6.45) is 0. The van der Waals surface area contributed by atoms with Crippen molar-refractivity contribution in [2.75, 3.05) is 5.75 Å². The number of thiophene rings is 1. The average molecular weight is 443 g/mol. The first kappa shape index (κ1) is 19.7. The van der Waals surface area contributed by atoms with E-state index < -0.39 is 0 Å². The third-order valence-electron chi connectivity index (χ3n) is 5.20. The van der Waals surface area contributed by atoms with Crippen molar-refractivity contribution in [1.82, 2.24) is 9.97 Å². The molecule has 1 N–H and O–H groups in total. The summed E-state index contributed by atoms with van der Waals surface area (Å²) in [6.45, 7) is 2.03. The minimum Gasteiger partial charge on any atom is -0.301 e. The molecular formula is C25H18N2O2S2. The number of carbonyl (C=O) groups excluding carboxylic acids is 1. The number of fused-ring (bicyclic) bond motifs is 2. The van der Waals surface area contributed by atoms with Gasteiger partial charge in [0, 0.05) is 16.5 Å². The maximum Gasteiger partial charge on any atom is 0.260 e. The van der Waals surface area contributed by atoms with Gasteiger partial charge >= 0.3 is 0 Å². The van der Waals surface area contributed by atoms with Crippen LogP contribution in [-0.2, 0) is 0 Å². The van der Waals surface area contributed by atoms with Crippen LogP contribution in [0.1, 0.15) is 15.9 Å². The second-order valence-electron chi connectivity index (χ2n) is 7.34. The Kier molecular flexibility index (Phi) is 5.18. The predicted molar refractivity (Wildman–Crippen MR) is 129 cm³/mol. The van der Waals surface area contributed by atoms with Crippen molar-refractivity contribution in [3.05, 3.63) is 93.6 Å². The Morgan fingerprint density at radius 2 is 1.81 bits per heavy atom. The molecule has 0 bridgehead atoms. The molecule has 0 amide bonds. The van der Waals surface area contributed by atoms with Crippen molar-refractivity contribution in [2.45, 2.75) is 12.1 Å². The van der Waals surface area contributed by atoms with Crippen LogP contribution in [0.5, 0.6) is 0 Å². The third kappa shape index (κ3) is 3.92. The van der Waals surface area contributed by atoms with Crippen LogP contribution in [0.15, 0.2) is 82.1 Å². The molecule has 0 aliphatic carbocycles. The lowest BCUT2D eigenvalue weighted by Crippen LogP contribution is -2.10. The first-order chi connectivity index (χ1) is 15.1. The molecule has 0 fully saturated rings. The highest BCUT2D eigenvalue weighted by atomic mass is 32.2. The van der Waals surface area contributed by atoms with E-state index in [2.05, 4.69) is 9.97 Å². The quantitative estimate of drug-likeness (QED) is 0.203. The van der Waals surface area contributed by atoms with E-state index in [4.69, 9.17) is 0 Å². The summed E-state index contributed by atoms with van der Waals surface area (Å²) in [5, 5.41) is 5.16. The smallest absolute Gasteiger partial charge is 0.260 e. The Morgan fingerprint density at radius 1 is 1.03 bits per heavy atom. The van der Waals surface area contributed by atoms with E-state index in [-0.39, 0.29) is 17.1 Å². The Labute approximate surface area is 187 Å². The number of aromatic amines is 1. The number of rotatable bonds is 5. The van der Waals surface area contributed by atoms with Crippen LogP contribution in [0.25, 0.3) is 32.1 Å². The van der Waals surface area contributed by atoms with Gasteiger partial charge in [-0.15, -0.1) is 11.3 Å². The molecule has 0 saturated heterocycles. The maximum absolute atomic E-state index is 12.8. The summed E-state index contributed by atoms with van der Waals surface area (Å²) >= 11 is 2.70. The number of aryl methyl sites for hydroxylation is 1. The van der Waals surface area contributed by atoms with Gasteiger partial charge in [-0.2, -0.15) is 0 Å². The SMILES string of the molecule is Cc1ccc(-c2csc3nc(SCC(=O)c4ccc5ccccc5c4)[nH]c(=O)c23)cc1. The molecule has 0 aliphatic rings. The van der Waals surface area contributed by atoms with Crippen molar-refractivity contribution in [3.8, 4) is 11.1 Å². The minimum absolute atomic E-state index is 0.00465. The molecule has 6 heteroatoms. The Bertz CT molecular complexity index is 1480. The number of nitrogens with zero attached hydrogens (tertiary/aromatic N) is 1. The highest BCUT2D eigenvalue weighted by Gasteiger charge is 2.14. The standard InChI is InChI=1S/C25H18N2O2S2/c1-15-6-8-17(9-7-15)20-13-30-24-22(20)23(29)26-25(27-24)31-14-21(28)19-11-10-16-4-2-3-5-18(16)12-19/h2-13H,14H2,1H3,(H,26,27,29). The summed E-state index contributed by atoms with van der Waals surface area (Å²) in [7, 11) is 0. The van der Waals surface area contributed by atoms with Gasteiger partial charge in [0.05, 0.1) is 11.1 Å². The first-order valence-corrected chi connectivity index (χ1v) is 11.7. The lowest BCUT2D eigenvalue weighted by molar-refractivity contribution is 0.102. The number of carbonyl (C=O) groups is 1. The molecule has 5 rings (SSSR count). The predicted octanol–water partition coefficient (Wildman–Crippen LogP) is 6.09. The fourth-order valence-electron chi connectivity index (χ4n) is 3.52. The Hall–Kier alpha value is -3.22. The Balaban J connectivity index is 1.38. The van der Waals surface area contributed by atoms with Gasteiger partial charge in [0.2, 0.25) is 0 Å². The second kappa shape index (κ2) is 8.13. The maximum atomic E-state index is 12.8. The number of nitrogens with one attached hydrogen (secondary N) is 1. The number of Topliss-reactive ketones (excluding diaryl/α,β-unsaturated/α-hetero) is 1. The summed E-state index contributed by atoms with van der Waals surface area (Å²) in [4.78, 5) is 33.6. The molecule has 0 unspecified atom stereocenters. The normalized spacial score (nSPS) is 11.3. The van der Waals surface area contributed by atoms with E-state index in [1.165, 1.54) is 28.7 Å².